The minimum atomic E-state index is -4.48. The van der Waals surface area contributed by atoms with Gasteiger partial charge in [0.05, 0.1) is 11.6 Å². The topological polar surface area (TPSA) is 74.3 Å². The summed E-state index contributed by atoms with van der Waals surface area (Å²) < 4.78 is 37.8. The molecule has 0 radical (unpaired) electrons. The summed E-state index contributed by atoms with van der Waals surface area (Å²) in [4.78, 5) is 29.9. The van der Waals surface area contributed by atoms with Gasteiger partial charge in [0.25, 0.3) is 5.91 Å². The van der Waals surface area contributed by atoms with Gasteiger partial charge >= 0.3 is 6.18 Å². The molecule has 2 aliphatic heterocycles. The predicted octanol–water partition coefficient (Wildman–Crippen LogP) is 2.66. The van der Waals surface area contributed by atoms with Crippen LogP contribution in [0.15, 0.2) is 18.3 Å². The molecule has 0 bridgehead atoms. The number of nitrogens with zero attached hydrogens (tertiary/aromatic N) is 2. The van der Waals surface area contributed by atoms with E-state index in [2.05, 4.69) is 15.6 Å². The second-order valence-corrected chi connectivity index (χ2v) is 7.08. The molecule has 6 nitrogen and oxygen atoms in total. The number of carbonyl (C=O) groups excluding carboxylic acids is 2. The van der Waals surface area contributed by atoms with Crippen LogP contribution in [0.2, 0.25) is 0 Å². The van der Waals surface area contributed by atoms with E-state index in [1.54, 1.807) is 4.90 Å². The van der Waals surface area contributed by atoms with E-state index in [0.29, 0.717) is 25.8 Å². The lowest BCUT2D eigenvalue weighted by Gasteiger charge is -2.33. The van der Waals surface area contributed by atoms with Crippen LogP contribution in [0.3, 0.4) is 0 Å². The maximum atomic E-state index is 12.6. The summed E-state index contributed by atoms with van der Waals surface area (Å²) in [6, 6.07) is 1.85. The van der Waals surface area contributed by atoms with E-state index in [-0.39, 0.29) is 54.3 Å². The number of piperidine rings is 1. The van der Waals surface area contributed by atoms with Crippen molar-refractivity contribution in [2.75, 3.05) is 26.2 Å². The summed E-state index contributed by atoms with van der Waals surface area (Å²) in [5.74, 6) is -0.264. The molecule has 1 aromatic rings. The van der Waals surface area contributed by atoms with Gasteiger partial charge in [-0.3, -0.25) is 14.6 Å². The van der Waals surface area contributed by atoms with E-state index in [1.165, 1.54) is 0 Å². The first-order chi connectivity index (χ1) is 12.8. The number of carbonyl (C=O) groups is 2. The summed E-state index contributed by atoms with van der Waals surface area (Å²) in [6.45, 7) is 2.33. The minimum Gasteiger partial charge on any atom is -0.354 e. The first kappa shape index (κ1) is 25.5. The molecule has 2 fully saturated rings. The van der Waals surface area contributed by atoms with Crippen molar-refractivity contribution in [3.05, 3.63) is 29.6 Å². The van der Waals surface area contributed by atoms with E-state index in [1.807, 2.05) is 0 Å². The standard InChI is InChI=1S/C18H23F3N4O2.2ClH/c19-18(20,21)13-5-6-15(23-10-13)17(27)25-8-2-3-12(11-25)9-24-16(26)14-4-1-7-22-14;;/h5-6,10,12,14,22H,1-4,7-9,11H2,(H,24,26);2*1H. The van der Waals surface area contributed by atoms with E-state index >= 15 is 0 Å². The number of rotatable bonds is 4. The molecule has 1 aromatic heterocycles. The fourth-order valence-corrected chi connectivity index (χ4v) is 3.54. The second kappa shape index (κ2) is 11.0. The molecule has 3 heterocycles. The highest BCUT2D eigenvalue weighted by molar-refractivity contribution is 5.92. The third-order valence-electron chi connectivity index (χ3n) is 5.06. The quantitative estimate of drug-likeness (QED) is 0.730. The molecule has 0 saturated carbocycles. The molecule has 11 heteroatoms. The number of hydrogen-bond acceptors (Lipinski definition) is 4. The van der Waals surface area contributed by atoms with E-state index in [9.17, 15) is 22.8 Å². The summed E-state index contributed by atoms with van der Waals surface area (Å²) >= 11 is 0. The van der Waals surface area contributed by atoms with Crippen molar-refractivity contribution in [1.82, 2.24) is 20.5 Å². The number of pyridine rings is 1. The van der Waals surface area contributed by atoms with Crippen molar-refractivity contribution in [1.29, 1.82) is 0 Å². The van der Waals surface area contributed by atoms with Crippen LogP contribution in [0.25, 0.3) is 0 Å². The molecule has 2 amide bonds. The van der Waals surface area contributed by atoms with E-state index < -0.39 is 11.7 Å². The largest absolute Gasteiger partial charge is 0.417 e. The normalized spacial score (nSPS) is 21.7. The molecule has 0 spiro atoms. The lowest BCUT2D eigenvalue weighted by Crippen LogP contribution is -2.46. The Labute approximate surface area is 179 Å². The number of likely N-dealkylation sites (tertiary alicyclic amines) is 1. The Morgan fingerprint density at radius 2 is 1.97 bits per heavy atom. The van der Waals surface area contributed by atoms with Crippen LogP contribution >= 0.6 is 24.8 Å². The lowest BCUT2D eigenvalue weighted by atomic mass is 9.97. The van der Waals surface area contributed by atoms with Gasteiger partial charge in [0.15, 0.2) is 0 Å². The van der Waals surface area contributed by atoms with Gasteiger partial charge in [0.2, 0.25) is 5.91 Å². The SMILES string of the molecule is Cl.Cl.O=C(NCC1CCCN(C(=O)c2ccc(C(F)(F)F)cn2)C1)C1CCCN1. The van der Waals surface area contributed by atoms with Crippen molar-refractivity contribution in [2.24, 2.45) is 5.92 Å². The number of halogens is 5. The number of alkyl halides is 3. The van der Waals surface area contributed by atoms with Crippen molar-refractivity contribution < 1.29 is 22.8 Å². The average Bonchev–Trinajstić information content (AvgIpc) is 3.20. The predicted molar refractivity (Wildman–Crippen MR) is 106 cm³/mol. The van der Waals surface area contributed by atoms with Gasteiger partial charge in [-0.2, -0.15) is 13.2 Å². The van der Waals surface area contributed by atoms with Gasteiger partial charge in [-0.05, 0) is 50.3 Å². The molecule has 2 aliphatic rings. The lowest BCUT2D eigenvalue weighted by molar-refractivity contribution is -0.137. The van der Waals surface area contributed by atoms with Crippen LogP contribution in [0, 0.1) is 5.92 Å². The zero-order valence-corrected chi connectivity index (χ0v) is 17.3. The summed E-state index contributed by atoms with van der Waals surface area (Å²) in [5.41, 5.74) is -0.873. The Kier molecular flexibility index (Phi) is 9.64. The molecule has 164 valence electrons. The second-order valence-electron chi connectivity index (χ2n) is 7.08. The zero-order chi connectivity index (χ0) is 19.4. The van der Waals surface area contributed by atoms with Crippen LogP contribution in [0.1, 0.15) is 41.7 Å². The highest BCUT2D eigenvalue weighted by Gasteiger charge is 2.32. The van der Waals surface area contributed by atoms with Crippen molar-refractivity contribution in [3.63, 3.8) is 0 Å². The average molecular weight is 457 g/mol. The Morgan fingerprint density at radius 1 is 1.21 bits per heavy atom. The summed E-state index contributed by atoms with van der Waals surface area (Å²) in [5, 5.41) is 6.08. The van der Waals surface area contributed by atoms with E-state index in [4.69, 9.17) is 0 Å². The molecule has 0 aromatic carbocycles. The number of aromatic nitrogens is 1. The molecule has 2 N–H and O–H groups in total. The van der Waals surface area contributed by atoms with Crippen molar-refractivity contribution in [2.45, 2.75) is 37.9 Å². The molecular weight excluding hydrogens is 432 g/mol. The Balaban J connectivity index is 0.00000210. The molecule has 2 atom stereocenters. The summed E-state index contributed by atoms with van der Waals surface area (Å²) in [7, 11) is 0. The Bertz CT molecular complexity index is 683. The fourth-order valence-electron chi connectivity index (χ4n) is 3.54. The first-order valence-corrected chi connectivity index (χ1v) is 9.18. The molecule has 2 unspecified atom stereocenters. The van der Waals surface area contributed by atoms with Crippen LogP contribution < -0.4 is 10.6 Å². The minimum absolute atomic E-state index is 0. The zero-order valence-electron chi connectivity index (χ0n) is 15.7. The van der Waals surface area contributed by atoms with Gasteiger partial charge in [-0.25, -0.2) is 0 Å². The molecule has 29 heavy (non-hydrogen) atoms. The first-order valence-electron chi connectivity index (χ1n) is 9.18. The number of nitrogens with one attached hydrogen (secondary N) is 2. The van der Waals surface area contributed by atoms with Gasteiger partial charge in [-0.1, -0.05) is 0 Å². The monoisotopic (exact) mass is 456 g/mol. The van der Waals surface area contributed by atoms with Crippen LogP contribution in [0.5, 0.6) is 0 Å². The maximum absolute atomic E-state index is 12.6. The third kappa shape index (κ3) is 6.72. The van der Waals surface area contributed by atoms with Gasteiger partial charge in [-0.15, -0.1) is 24.8 Å². The van der Waals surface area contributed by atoms with Crippen molar-refractivity contribution >= 4 is 36.6 Å². The van der Waals surface area contributed by atoms with Crippen molar-refractivity contribution in [3.8, 4) is 0 Å². The van der Waals surface area contributed by atoms with Gasteiger partial charge < -0.3 is 15.5 Å². The molecule has 2 saturated heterocycles. The van der Waals surface area contributed by atoms with Crippen LogP contribution in [0.4, 0.5) is 13.2 Å². The number of hydrogen-bond donors (Lipinski definition) is 2. The summed E-state index contributed by atoms with van der Waals surface area (Å²) in [6.07, 6.45) is -0.289. The highest BCUT2D eigenvalue weighted by atomic mass is 35.5. The molecule has 3 rings (SSSR count). The Hall–Kier alpha value is -1.58. The maximum Gasteiger partial charge on any atom is 0.417 e. The van der Waals surface area contributed by atoms with Gasteiger partial charge in [0, 0.05) is 25.8 Å². The van der Waals surface area contributed by atoms with Crippen LogP contribution in [-0.2, 0) is 11.0 Å². The van der Waals surface area contributed by atoms with Crippen LogP contribution in [-0.4, -0.2) is 53.9 Å². The smallest absolute Gasteiger partial charge is 0.354 e. The fraction of sp³-hybridized carbons (Fsp3) is 0.611. The highest BCUT2D eigenvalue weighted by Crippen LogP contribution is 2.28. The van der Waals surface area contributed by atoms with E-state index in [0.717, 1.165) is 44.4 Å². The number of amides is 2. The molecule has 0 aliphatic carbocycles. The third-order valence-corrected chi connectivity index (χ3v) is 5.06. The van der Waals surface area contributed by atoms with Gasteiger partial charge in [0.1, 0.15) is 5.69 Å². The molecular formula is C18H25Cl2F3N4O2. The Morgan fingerprint density at radius 3 is 2.55 bits per heavy atom.